The van der Waals surface area contributed by atoms with Crippen molar-refractivity contribution in [1.29, 1.82) is 0 Å². The van der Waals surface area contributed by atoms with Crippen molar-refractivity contribution in [1.82, 2.24) is 0 Å². The number of unbranched alkanes of at least 4 members (excludes halogenated alkanes) is 2. The fraction of sp³-hybridized carbons (Fsp3) is 0.647. The van der Waals surface area contributed by atoms with Gasteiger partial charge in [0.25, 0.3) is 0 Å². The maximum atomic E-state index is 13.6. The van der Waals surface area contributed by atoms with Gasteiger partial charge in [0.1, 0.15) is 0 Å². The molecule has 1 aromatic rings. The van der Waals surface area contributed by atoms with Gasteiger partial charge in [0.05, 0.1) is 0 Å². The van der Waals surface area contributed by atoms with E-state index < -0.39 is 48.6 Å². The molecule has 0 fully saturated rings. The first-order valence-corrected chi connectivity index (χ1v) is 9.50. The largest absolute Gasteiger partial charge is 0.460 e. The molecule has 0 aliphatic carbocycles. The zero-order valence-corrected chi connectivity index (χ0v) is 17.3. The van der Waals surface area contributed by atoms with Crippen molar-refractivity contribution in [2.75, 3.05) is 0 Å². The molecule has 0 bridgehead atoms. The Morgan fingerprint density at radius 3 is 1.45 bits per heavy atom. The van der Waals surface area contributed by atoms with Gasteiger partial charge >= 0.3 is 35.8 Å². The zero-order valence-electron chi connectivity index (χ0n) is 15.1. The highest BCUT2D eigenvalue weighted by molar-refractivity contribution is 14.1. The van der Waals surface area contributed by atoms with Crippen LogP contribution >= 0.6 is 22.6 Å². The maximum absolute atomic E-state index is 13.6. The van der Waals surface area contributed by atoms with E-state index in [1.807, 2.05) is 22.6 Å². The van der Waals surface area contributed by atoms with Crippen LogP contribution in [0.4, 0.5) is 57.1 Å². The lowest BCUT2D eigenvalue weighted by atomic mass is 9.91. The van der Waals surface area contributed by atoms with Gasteiger partial charge in [-0.15, -0.1) is 0 Å². The van der Waals surface area contributed by atoms with E-state index in [-0.39, 0.29) is 19.3 Å². The molecule has 180 valence electrons. The van der Waals surface area contributed by atoms with Crippen LogP contribution in [-0.2, 0) is 6.42 Å². The highest BCUT2D eigenvalue weighted by Crippen LogP contribution is 2.60. The monoisotopic (exact) mass is 592 g/mol. The quantitative estimate of drug-likeness (QED) is 0.146. The van der Waals surface area contributed by atoms with Gasteiger partial charge in [-0.3, -0.25) is 0 Å². The summed E-state index contributed by atoms with van der Waals surface area (Å²) in [6, 6.07) is 6.77. The van der Waals surface area contributed by atoms with Crippen molar-refractivity contribution >= 4 is 22.6 Å². The lowest BCUT2D eigenvalue weighted by molar-refractivity contribution is -0.440. The molecule has 0 nitrogen and oxygen atoms in total. The van der Waals surface area contributed by atoms with E-state index in [0.29, 0.717) is 0 Å². The first-order chi connectivity index (χ1) is 13.7. The molecule has 1 aromatic carbocycles. The van der Waals surface area contributed by atoms with Gasteiger partial charge in [0.15, 0.2) is 0 Å². The summed E-state index contributed by atoms with van der Waals surface area (Å²) >= 11 is 2.01. The third-order valence-corrected chi connectivity index (χ3v) is 5.09. The fourth-order valence-electron chi connectivity index (χ4n) is 2.46. The molecule has 14 heteroatoms. The van der Waals surface area contributed by atoms with Crippen LogP contribution in [0.15, 0.2) is 24.3 Å². The smallest absolute Gasteiger partial charge is 0.200 e. The number of alkyl halides is 13. The number of aryl methyl sites for hydroxylation is 1. The van der Waals surface area contributed by atoms with E-state index in [0.717, 1.165) is 9.13 Å². The molecule has 0 aromatic heterocycles. The number of hydrogen-bond donors (Lipinski definition) is 0. The van der Waals surface area contributed by atoms with Crippen LogP contribution < -0.4 is 0 Å². The summed E-state index contributed by atoms with van der Waals surface area (Å²) in [6.07, 6.45) is -10.3. The fourth-order valence-corrected chi connectivity index (χ4v) is 2.82. The average Bonchev–Trinajstić information content (AvgIpc) is 2.61. The van der Waals surface area contributed by atoms with Crippen LogP contribution in [0.1, 0.15) is 31.2 Å². The minimum Gasteiger partial charge on any atom is -0.200 e. The lowest BCUT2D eigenvalue weighted by Crippen LogP contribution is -2.70. The van der Waals surface area contributed by atoms with Crippen molar-refractivity contribution in [3.05, 3.63) is 33.4 Å². The molecule has 0 aliphatic rings. The zero-order chi connectivity index (χ0) is 24.5. The Balaban J connectivity index is 2.87. The molecule has 0 N–H and O–H groups in total. The summed E-state index contributed by atoms with van der Waals surface area (Å²) in [4.78, 5) is 0. The predicted molar refractivity (Wildman–Crippen MR) is 92.1 cm³/mol. The first-order valence-electron chi connectivity index (χ1n) is 8.42. The minimum atomic E-state index is -7.84. The number of benzene rings is 1. The first kappa shape index (κ1) is 28.1. The highest BCUT2D eigenvalue weighted by atomic mass is 127. The van der Waals surface area contributed by atoms with Crippen molar-refractivity contribution in [3.63, 3.8) is 0 Å². The second kappa shape index (κ2) is 9.12. The van der Waals surface area contributed by atoms with Crippen LogP contribution in [-0.4, -0.2) is 35.8 Å². The van der Waals surface area contributed by atoms with Crippen LogP contribution in [0, 0.1) is 3.57 Å². The summed E-state index contributed by atoms with van der Waals surface area (Å²) in [5.41, 5.74) is 0.734. The van der Waals surface area contributed by atoms with Gasteiger partial charge in [0, 0.05) is 9.99 Å². The topological polar surface area (TPSA) is 0 Å². The third-order valence-electron chi connectivity index (χ3n) is 4.37. The summed E-state index contributed by atoms with van der Waals surface area (Å²) in [5.74, 6) is -36.4. The van der Waals surface area contributed by atoms with Crippen molar-refractivity contribution < 1.29 is 57.1 Å². The SMILES string of the molecule is FC(F)(F)C(F)(F)C(F)(F)C(F)(F)C(F)(F)C(F)(F)CCCCCc1ccc(I)cc1. The molecule has 0 spiro atoms. The summed E-state index contributed by atoms with van der Waals surface area (Å²) < 4.78 is 170. The van der Waals surface area contributed by atoms with Crippen molar-refractivity contribution in [3.8, 4) is 0 Å². The molecule has 0 saturated heterocycles. The molecular formula is C17H14F13I. The van der Waals surface area contributed by atoms with Crippen LogP contribution in [0.2, 0.25) is 0 Å². The Labute approximate surface area is 181 Å². The van der Waals surface area contributed by atoms with Crippen LogP contribution in [0.5, 0.6) is 0 Å². The van der Waals surface area contributed by atoms with Crippen LogP contribution in [0.25, 0.3) is 0 Å². The Morgan fingerprint density at radius 1 is 0.548 bits per heavy atom. The summed E-state index contributed by atoms with van der Waals surface area (Å²) in [5, 5.41) is 0. The van der Waals surface area contributed by atoms with Gasteiger partial charge in [-0.05, 0) is 59.5 Å². The third kappa shape index (κ3) is 5.34. The molecule has 0 aliphatic heterocycles. The molecule has 0 saturated carbocycles. The molecule has 0 atom stereocenters. The van der Waals surface area contributed by atoms with E-state index in [4.69, 9.17) is 0 Å². The normalized spacial score (nSPS) is 14.8. The number of hydrogen-bond acceptors (Lipinski definition) is 0. The predicted octanol–water partition coefficient (Wildman–Crippen LogP) is 8.13. The van der Waals surface area contributed by atoms with E-state index in [1.165, 1.54) is 0 Å². The molecule has 0 radical (unpaired) electrons. The Bertz CT molecular complexity index is 723. The Hall–Kier alpha value is -0.960. The molecule has 31 heavy (non-hydrogen) atoms. The van der Waals surface area contributed by atoms with Crippen molar-refractivity contribution in [2.45, 2.75) is 67.9 Å². The number of halogens is 14. The van der Waals surface area contributed by atoms with Gasteiger partial charge in [-0.25, -0.2) is 0 Å². The van der Waals surface area contributed by atoms with Gasteiger partial charge in [0.2, 0.25) is 0 Å². The molecule has 0 unspecified atom stereocenters. The molecule has 0 amide bonds. The van der Waals surface area contributed by atoms with Gasteiger partial charge in [-0.1, -0.05) is 18.6 Å². The van der Waals surface area contributed by atoms with E-state index in [2.05, 4.69) is 0 Å². The highest BCUT2D eigenvalue weighted by Gasteiger charge is 2.90. The Kier molecular flexibility index (Phi) is 8.26. The van der Waals surface area contributed by atoms with Gasteiger partial charge < -0.3 is 0 Å². The Morgan fingerprint density at radius 2 is 1.00 bits per heavy atom. The lowest BCUT2D eigenvalue weighted by Gasteiger charge is -2.39. The van der Waals surface area contributed by atoms with E-state index in [9.17, 15) is 57.1 Å². The van der Waals surface area contributed by atoms with Gasteiger partial charge in [-0.2, -0.15) is 57.1 Å². The molecular weight excluding hydrogens is 578 g/mol. The molecule has 1 rings (SSSR count). The second-order valence-electron chi connectivity index (χ2n) is 6.69. The van der Waals surface area contributed by atoms with Crippen LogP contribution in [0.3, 0.4) is 0 Å². The maximum Gasteiger partial charge on any atom is 0.460 e. The van der Waals surface area contributed by atoms with E-state index >= 15 is 0 Å². The average molecular weight is 592 g/mol. The standard InChI is InChI=1S/C17H14F13I/c18-12(19,9-3-1-2-4-10-5-7-11(31)8-6-10)13(20,21)14(22,23)15(24,25)16(26,27)17(28,29)30/h5-8H,1-4,9H2. The summed E-state index contributed by atoms with van der Waals surface area (Å²) in [6.45, 7) is 0. The second-order valence-corrected chi connectivity index (χ2v) is 7.93. The minimum absolute atomic E-state index is 0.112. The summed E-state index contributed by atoms with van der Waals surface area (Å²) in [7, 11) is 0. The van der Waals surface area contributed by atoms with E-state index in [1.54, 1.807) is 24.3 Å². The number of rotatable bonds is 10. The van der Waals surface area contributed by atoms with Crippen molar-refractivity contribution in [2.24, 2.45) is 0 Å². The molecule has 0 heterocycles.